The molecule has 1 aromatic heterocycles. The van der Waals surface area contributed by atoms with Gasteiger partial charge in [0.2, 0.25) is 5.43 Å². The van der Waals surface area contributed by atoms with E-state index in [0.29, 0.717) is 11.6 Å². The van der Waals surface area contributed by atoms with Gasteiger partial charge in [0, 0.05) is 45.5 Å². The maximum Gasteiger partial charge on any atom is 0.224 e. The summed E-state index contributed by atoms with van der Waals surface area (Å²) in [7, 11) is 0. The second-order valence-electron chi connectivity index (χ2n) is 8.57. The first-order valence-electron chi connectivity index (χ1n) is 10.0. The largest absolute Gasteiger partial charge is 0.503 e. The molecule has 0 radical (unpaired) electrons. The van der Waals surface area contributed by atoms with E-state index in [9.17, 15) is 14.7 Å². The molecule has 0 saturated carbocycles. The quantitative estimate of drug-likeness (QED) is 0.576. The minimum atomic E-state index is -0.804. The van der Waals surface area contributed by atoms with Gasteiger partial charge < -0.3 is 5.11 Å². The number of benzene rings is 2. The summed E-state index contributed by atoms with van der Waals surface area (Å²) < 4.78 is 1.63. The van der Waals surface area contributed by atoms with Crippen molar-refractivity contribution in [1.29, 1.82) is 0 Å². The van der Waals surface area contributed by atoms with Crippen LogP contribution >= 0.6 is 23.4 Å². The second-order valence-corrected chi connectivity index (χ2v) is 10.00. The molecule has 0 fully saturated rings. The van der Waals surface area contributed by atoms with E-state index in [-0.39, 0.29) is 17.5 Å². The lowest BCUT2D eigenvalue weighted by Gasteiger charge is -2.45. The Morgan fingerprint density at radius 2 is 1.87 bits per heavy atom. The lowest BCUT2D eigenvalue weighted by atomic mass is 9.82. The van der Waals surface area contributed by atoms with Crippen LogP contribution in [0.3, 0.4) is 0 Å². The number of halogens is 1. The molecule has 3 heterocycles. The highest BCUT2D eigenvalue weighted by atomic mass is 35.5. The Balaban J connectivity index is 1.84. The zero-order chi connectivity index (χ0) is 21.9. The minimum absolute atomic E-state index is 0.0201. The number of carbonyl (C=O) groups is 1. The van der Waals surface area contributed by atoms with E-state index in [1.165, 1.54) is 6.07 Å². The monoisotopic (exact) mass is 452 g/mol. The Kier molecular flexibility index (Phi) is 4.68. The van der Waals surface area contributed by atoms with Gasteiger partial charge in [0.05, 0.1) is 6.04 Å². The highest BCUT2D eigenvalue weighted by Crippen LogP contribution is 2.46. The predicted octanol–water partition coefficient (Wildman–Crippen LogP) is 4.76. The molecule has 0 saturated heterocycles. The van der Waals surface area contributed by atoms with Gasteiger partial charge in [0.15, 0.2) is 17.2 Å². The maximum atomic E-state index is 13.2. The van der Waals surface area contributed by atoms with Crippen LogP contribution in [0.5, 0.6) is 5.75 Å². The van der Waals surface area contributed by atoms with Crippen LogP contribution in [0, 0.1) is 5.41 Å². The summed E-state index contributed by atoms with van der Waals surface area (Å²) in [6, 6.07) is 15.1. The topological polar surface area (TPSA) is 62.5 Å². The molecule has 0 bridgehead atoms. The summed E-state index contributed by atoms with van der Waals surface area (Å²) in [6.45, 7) is 4.08. The number of hydrogen-bond donors (Lipinski definition) is 1. The maximum absolute atomic E-state index is 13.2. The predicted molar refractivity (Wildman–Crippen MR) is 123 cm³/mol. The van der Waals surface area contributed by atoms with Crippen molar-refractivity contribution >= 4 is 29.1 Å². The molecule has 0 aliphatic carbocycles. The van der Waals surface area contributed by atoms with Crippen molar-refractivity contribution in [3.8, 4) is 5.75 Å². The molecule has 2 aliphatic rings. The molecule has 0 spiro atoms. The number of rotatable bonds is 1. The first-order valence-corrected chi connectivity index (χ1v) is 11.4. The van der Waals surface area contributed by atoms with Crippen LogP contribution in [-0.4, -0.2) is 22.1 Å². The third-order valence-corrected chi connectivity index (χ3v) is 7.50. The summed E-state index contributed by atoms with van der Waals surface area (Å²) in [5.74, 6) is 0.0116. The molecule has 0 amide bonds. The molecule has 5 nitrogen and oxygen atoms in total. The van der Waals surface area contributed by atoms with E-state index >= 15 is 0 Å². The lowest BCUT2D eigenvalue weighted by Crippen LogP contribution is -2.54. The summed E-state index contributed by atoms with van der Waals surface area (Å²) in [4.78, 5) is 26.5. The van der Waals surface area contributed by atoms with Gasteiger partial charge in [0.25, 0.3) is 0 Å². The third kappa shape index (κ3) is 3.08. The highest BCUT2D eigenvalue weighted by molar-refractivity contribution is 7.98. The molecule has 1 atom stereocenters. The van der Waals surface area contributed by atoms with Gasteiger partial charge in [0.1, 0.15) is 0 Å². The fraction of sp³-hybridized carbons (Fsp3) is 0.250. The number of fused-ring (bicyclic) bond motifs is 3. The SMILES string of the molecule is CC1(C)CN(C2c3ccccc3SCc3cccc(Cl)c32)n2ccc(=O)c(O)c2C1=O. The van der Waals surface area contributed by atoms with Crippen molar-refractivity contribution in [3.63, 3.8) is 0 Å². The van der Waals surface area contributed by atoms with Crippen molar-refractivity contribution in [1.82, 2.24) is 4.68 Å². The Morgan fingerprint density at radius 1 is 1.10 bits per heavy atom. The van der Waals surface area contributed by atoms with E-state index in [0.717, 1.165) is 27.3 Å². The molecular weight excluding hydrogens is 432 g/mol. The van der Waals surface area contributed by atoms with Crippen molar-refractivity contribution in [2.24, 2.45) is 5.41 Å². The van der Waals surface area contributed by atoms with Crippen molar-refractivity contribution < 1.29 is 9.90 Å². The number of aromatic nitrogens is 1. The normalized spacial score (nSPS) is 19.3. The molecule has 1 unspecified atom stereocenters. The number of nitrogens with zero attached hydrogens (tertiary/aromatic N) is 2. The van der Waals surface area contributed by atoms with Gasteiger partial charge in [-0.1, -0.05) is 55.8 Å². The highest BCUT2D eigenvalue weighted by Gasteiger charge is 2.44. The Morgan fingerprint density at radius 3 is 2.68 bits per heavy atom. The van der Waals surface area contributed by atoms with Crippen LogP contribution < -0.4 is 10.4 Å². The first-order chi connectivity index (χ1) is 14.8. The molecular formula is C24H21ClN2O3S. The van der Waals surface area contributed by atoms with Gasteiger partial charge in [-0.3, -0.25) is 19.3 Å². The van der Waals surface area contributed by atoms with E-state index in [2.05, 4.69) is 18.2 Å². The fourth-order valence-electron chi connectivity index (χ4n) is 4.50. The van der Waals surface area contributed by atoms with Crippen molar-refractivity contribution in [3.05, 3.63) is 92.4 Å². The van der Waals surface area contributed by atoms with Crippen LogP contribution in [0.2, 0.25) is 5.02 Å². The van der Waals surface area contributed by atoms with Gasteiger partial charge in [-0.15, -0.1) is 11.8 Å². The number of thioether (sulfide) groups is 1. The molecule has 7 heteroatoms. The van der Waals surface area contributed by atoms with Crippen LogP contribution in [-0.2, 0) is 5.75 Å². The van der Waals surface area contributed by atoms with E-state index in [1.807, 2.05) is 43.1 Å². The Labute approximate surface area is 189 Å². The first kappa shape index (κ1) is 20.2. The molecule has 5 rings (SSSR count). The van der Waals surface area contributed by atoms with Gasteiger partial charge in [-0.05, 0) is 23.3 Å². The van der Waals surface area contributed by atoms with E-state index in [4.69, 9.17) is 11.6 Å². The van der Waals surface area contributed by atoms with Crippen LogP contribution in [0.25, 0.3) is 0 Å². The van der Waals surface area contributed by atoms with E-state index in [1.54, 1.807) is 22.6 Å². The van der Waals surface area contributed by atoms with Crippen molar-refractivity contribution in [2.45, 2.75) is 30.5 Å². The fourth-order valence-corrected chi connectivity index (χ4v) is 5.89. The molecule has 2 aliphatic heterocycles. The number of Topliss-reactive ketones (excluding diaryl/α,β-unsaturated/α-hetero) is 1. The molecule has 158 valence electrons. The molecule has 2 aromatic carbocycles. The van der Waals surface area contributed by atoms with Gasteiger partial charge >= 0.3 is 0 Å². The van der Waals surface area contributed by atoms with Gasteiger partial charge in [-0.2, -0.15) is 0 Å². The third-order valence-electron chi connectivity index (χ3n) is 6.03. The van der Waals surface area contributed by atoms with Crippen LogP contribution in [0.4, 0.5) is 0 Å². The lowest BCUT2D eigenvalue weighted by molar-refractivity contribution is 0.0786. The summed E-state index contributed by atoms with van der Waals surface area (Å²) in [5.41, 5.74) is 1.84. The van der Waals surface area contributed by atoms with E-state index < -0.39 is 16.6 Å². The molecule has 31 heavy (non-hydrogen) atoms. The number of pyridine rings is 1. The van der Waals surface area contributed by atoms with Crippen LogP contribution in [0.15, 0.2) is 64.4 Å². The molecule has 3 aromatic rings. The van der Waals surface area contributed by atoms with Crippen LogP contribution in [0.1, 0.15) is 47.1 Å². The standard InChI is InChI=1S/C24H21ClN2O3S/c1-24(2)13-27(26-11-10-17(28)22(29)21(26)23(24)30)20-15-7-3-4-9-18(15)31-12-14-6-5-8-16(25)19(14)20/h3-11,20,29H,12-13H2,1-2H3. The van der Waals surface area contributed by atoms with Gasteiger partial charge in [-0.25, -0.2) is 0 Å². The number of carbonyl (C=O) groups excluding carboxylic acids is 1. The minimum Gasteiger partial charge on any atom is -0.503 e. The summed E-state index contributed by atoms with van der Waals surface area (Å²) in [6.07, 6.45) is 1.57. The number of ketones is 1. The summed E-state index contributed by atoms with van der Waals surface area (Å²) in [5, 5.41) is 13.3. The second kappa shape index (κ2) is 7.18. The average Bonchev–Trinajstić information content (AvgIpc) is 2.91. The summed E-state index contributed by atoms with van der Waals surface area (Å²) >= 11 is 8.52. The smallest absolute Gasteiger partial charge is 0.224 e. The zero-order valence-corrected chi connectivity index (χ0v) is 18.7. The zero-order valence-electron chi connectivity index (χ0n) is 17.1. The Hall–Kier alpha value is -2.70. The number of aromatic hydroxyl groups is 1. The Bertz CT molecular complexity index is 1280. The number of hydrogen-bond acceptors (Lipinski definition) is 5. The molecule has 1 N–H and O–H groups in total. The average molecular weight is 453 g/mol. The van der Waals surface area contributed by atoms with Crippen molar-refractivity contribution in [2.75, 3.05) is 11.6 Å².